The van der Waals surface area contributed by atoms with Crippen LogP contribution >= 0.6 is 23.5 Å². The summed E-state index contributed by atoms with van der Waals surface area (Å²) in [4.78, 5) is 34.4. The van der Waals surface area contributed by atoms with Crippen LogP contribution in [0.2, 0.25) is 0 Å². The van der Waals surface area contributed by atoms with Gasteiger partial charge in [0.1, 0.15) is 4.91 Å². The van der Waals surface area contributed by atoms with Gasteiger partial charge >= 0.3 is 12.1 Å². The summed E-state index contributed by atoms with van der Waals surface area (Å²) in [7, 11) is 1.76. The summed E-state index contributed by atoms with van der Waals surface area (Å²) in [6.45, 7) is 2.14. The van der Waals surface area contributed by atoms with Crippen molar-refractivity contribution in [1.82, 2.24) is 4.90 Å². The summed E-state index contributed by atoms with van der Waals surface area (Å²) in [6.07, 6.45) is -5.01. The number of carbonyl (C=O) groups excluding carboxylic acids is 2. The second kappa shape index (κ2) is 10.7. The molecule has 0 aliphatic carbocycles. The number of nitrogens with zero attached hydrogens (tertiary/aromatic N) is 4. The summed E-state index contributed by atoms with van der Waals surface area (Å²) >= 11 is 2.42. The SMILES string of the molecule is Cc1ccc(C#N)cc1N=C1S/C(=C2\Sc3cc(NC(=O)C(F)(F)F)ccc3N2C)C(=O)N1Cc1ccccc1. The van der Waals surface area contributed by atoms with Crippen molar-refractivity contribution in [2.45, 2.75) is 24.5 Å². The zero-order chi connectivity index (χ0) is 28.6. The van der Waals surface area contributed by atoms with Crippen molar-refractivity contribution in [3.63, 3.8) is 0 Å². The molecule has 3 aromatic rings. The Balaban J connectivity index is 1.52. The highest BCUT2D eigenvalue weighted by molar-refractivity contribution is 8.19. The Morgan fingerprint density at radius 2 is 1.82 bits per heavy atom. The summed E-state index contributed by atoms with van der Waals surface area (Å²) in [5.41, 5.74) is 3.44. The molecule has 40 heavy (non-hydrogen) atoms. The number of halogens is 3. The van der Waals surface area contributed by atoms with Gasteiger partial charge in [-0.25, -0.2) is 4.99 Å². The van der Waals surface area contributed by atoms with Crippen LogP contribution in [0.1, 0.15) is 16.7 Å². The highest BCUT2D eigenvalue weighted by Gasteiger charge is 2.40. The maximum absolute atomic E-state index is 13.8. The third-order valence-corrected chi connectivity index (χ3v) is 8.56. The van der Waals surface area contributed by atoms with E-state index in [1.54, 1.807) is 41.1 Å². The molecule has 0 saturated carbocycles. The van der Waals surface area contributed by atoms with Gasteiger partial charge in [0.2, 0.25) is 0 Å². The molecular weight excluding hydrogens is 559 g/mol. The maximum atomic E-state index is 13.8. The van der Waals surface area contributed by atoms with Crippen LogP contribution in [0.4, 0.5) is 30.2 Å². The van der Waals surface area contributed by atoms with Gasteiger partial charge in [-0.2, -0.15) is 18.4 Å². The Kier molecular flexibility index (Phi) is 7.35. The van der Waals surface area contributed by atoms with E-state index in [1.165, 1.54) is 35.7 Å². The van der Waals surface area contributed by atoms with Gasteiger partial charge in [-0.15, -0.1) is 0 Å². The lowest BCUT2D eigenvalue weighted by atomic mass is 10.1. The molecule has 1 fully saturated rings. The van der Waals surface area contributed by atoms with Gasteiger partial charge in [-0.05, 0) is 60.1 Å². The molecule has 2 amide bonds. The first-order valence-electron chi connectivity index (χ1n) is 11.9. The van der Waals surface area contributed by atoms with Crippen molar-refractivity contribution >= 4 is 57.6 Å². The second-order valence-electron chi connectivity index (χ2n) is 8.92. The molecule has 12 heteroatoms. The number of thioether (sulfide) groups is 2. The number of hydrogen-bond acceptors (Lipinski definition) is 7. The van der Waals surface area contributed by atoms with Crippen molar-refractivity contribution in [3.8, 4) is 6.07 Å². The van der Waals surface area contributed by atoms with Crippen LogP contribution < -0.4 is 10.2 Å². The molecule has 2 aliphatic heterocycles. The lowest BCUT2D eigenvalue weighted by Crippen LogP contribution is -2.29. The molecule has 0 bridgehead atoms. The number of carbonyl (C=O) groups is 2. The van der Waals surface area contributed by atoms with E-state index in [2.05, 4.69) is 6.07 Å². The predicted molar refractivity (Wildman–Crippen MR) is 150 cm³/mol. The van der Waals surface area contributed by atoms with Crippen LogP contribution in [0.5, 0.6) is 0 Å². The lowest BCUT2D eigenvalue weighted by Gasteiger charge is -2.17. The lowest BCUT2D eigenvalue weighted by molar-refractivity contribution is -0.167. The zero-order valence-corrected chi connectivity index (χ0v) is 22.7. The van der Waals surface area contributed by atoms with Crippen LogP contribution in [-0.4, -0.2) is 35.1 Å². The summed E-state index contributed by atoms with van der Waals surface area (Å²) < 4.78 is 38.2. The van der Waals surface area contributed by atoms with Crippen molar-refractivity contribution in [3.05, 3.63) is 93.4 Å². The molecule has 1 N–H and O–H groups in total. The molecular formula is C28H20F3N5O2S2. The number of anilines is 2. The minimum absolute atomic E-state index is 0.000526. The fourth-order valence-corrected chi connectivity index (χ4v) is 6.43. The van der Waals surface area contributed by atoms with Gasteiger partial charge in [0.05, 0.1) is 34.6 Å². The Morgan fingerprint density at radius 1 is 1.07 bits per heavy atom. The van der Waals surface area contributed by atoms with Crippen molar-refractivity contribution < 1.29 is 22.8 Å². The van der Waals surface area contributed by atoms with E-state index >= 15 is 0 Å². The molecule has 2 aliphatic rings. The van der Waals surface area contributed by atoms with Gasteiger partial charge in [0, 0.05) is 17.6 Å². The molecule has 0 spiro atoms. The van der Waals surface area contributed by atoms with Crippen LogP contribution in [0.25, 0.3) is 0 Å². The highest BCUT2D eigenvalue weighted by Crippen LogP contribution is 2.51. The minimum Gasteiger partial charge on any atom is -0.337 e. The topological polar surface area (TPSA) is 88.8 Å². The Morgan fingerprint density at radius 3 is 2.52 bits per heavy atom. The fraction of sp³-hybridized carbons (Fsp3) is 0.143. The smallest absolute Gasteiger partial charge is 0.337 e. The molecule has 0 atom stereocenters. The minimum atomic E-state index is -5.01. The van der Waals surface area contributed by atoms with E-state index in [4.69, 9.17) is 4.99 Å². The first kappa shape index (κ1) is 27.4. The Bertz CT molecular complexity index is 1630. The number of aryl methyl sites for hydroxylation is 1. The number of alkyl halides is 3. The number of fused-ring (bicyclic) bond motifs is 1. The van der Waals surface area contributed by atoms with Gasteiger partial charge in [-0.3, -0.25) is 14.5 Å². The van der Waals surface area contributed by atoms with Gasteiger partial charge < -0.3 is 10.2 Å². The summed E-state index contributed by atoms with van der Waals surface area (Å²) in [5.74, 6) is -2.33. The van der Waals surface area contributed by atoms with Crippen molar-refractivity contribution in [1.29, 1.82) is 5.26 Å². The van der Waals surface area contributed by atoms with Crippen molar-refractivity contribution in [2.75, 3.05) is 17.3 Å². The predicted octanol–water partition coefficient (Wildman–Crippen LogP) is 6.54. The number of aliphatic imine (C=N–C) groups is 1. The van der Waals surface area contributed by atoms with E-state index in [9.17, 15) is 28.0 Å². The maximum Gasteiger partial charge on any atom is 0.471 e. The molecule has 0 radical (unpaired) electrons. The monoisotopic (exact) mass is 579 g/mol. The fourth-order valence-electron chi connectivity index (χ4n) is 4.06. The molecule has 5 rings (SSSR count). The molecule has 7 nitrogen and oxygen atoms in total. The molecule has 0 unspecified atom stereocenters. The first-order chi connectivity index (χ1) is 19.0. The first-order valence-corrected chi connectivity index (χ1v) is 13.5. The summed E-state index contributed by atoms with van der Waals surface area (Å²) in [5, 5.41) is 12.3. The number of amidine groups is 1. The summed E-state index contributed by atoms with van der Waals surface area (Å²) in [6, 6.07) is 21.2. The molecule has 3 aromatic carbocycles. The quantitative estimate of drug-likeness (QED) is 0.353. The van der Waals surface area contributed by atoms with E-state index in [0.29, 0.717) is 36.9 Å². The number of amides is 2. The van der Waals surface area contributed by atoms with E-state index in [0.717, 1.165) is 11.1 Å². The number of benzene rings is 3. The van der Waals surface area contributed by atoms with Crippen LogP contribution in [-0.2, 0) is 16.1 Å². The number of rotatable bonds is 4. The number of hydrogen-bond donors (Lipinski definition) is 1. The average Bonchev–Trinajstić information content (AvgIpc) is 3.40. The molecule has 0 aromatic heterocycles. The molecule has 2 heterocycles. The van der Waals surface area contributed by atoms with Crippen molar-refractivity contribution in [2.24, 2.45) is 4.99 Å². The number of nitriles is 1. The third-order valence-electron chi connectivity index (χ3n) is 6.14. The standard InChI is InChI=1S/C28H20F3N5O2S2/c1-16-8-9-18(14-32)12-20(16)34-27-36(15-17-6-4-3-5-7-17)24(37)23(40-27)25-35(2)21-11-10-19(13-22(21)39-25)33-26(38)28(29,30)31/h3-13H,15H2,1-2H3,(H,33,38)/b25-23-,34-27?. The van der Waals surface area contributed by atoms with E-state index in [1.807, 2.05) is 42.6 Å². The van der Waals surface area contributed by atoms with E-state index < -0.39 is 12.1 Å². The van der Waals surface area contributed by atoms with Gasteiger partial charge in [0.15, 0.2) is 5.17 Å². The van der Waals surface area contributed by atoms with Gasteiger partial charge in [0.25, 0.3) is 5.91 Å². The second-order valence-corrected chi connectivity index (χ2v) is 10.9. The molecule has 1 saturated heterocycles. The normalized spacial score (nSPS) is 17.8. The largest absolute Gasteiger partial charge is 0.471 e. The Hall–Kier alpha value is -4.21. The highest BCUT2D eigenvalue weighted by atomic mass is 32.2. The van der Waals surface area contributed by atoms with Crippen LogP contribution in [0.3, 0.4) is 0 Å². The number of nitrogens with one attached hydrogen (secondary N) is 1. The van der Waals surface area contributed by atoms with E-state index in [-0.39, 0.29) is 18.1 Å². The van der Waals surface area contributed by atoms with Gasteiger partial charge in [-0.1, -0.05) is 48.2 Å². The third kappa shape index (κ3) is 5.43. The molecule has 202 valence electrons. The Labute approximate surface area is 236 Å². The zero-order valence-electron chi connectivity index (χ0n) is 21.1. The van der Waals surface area contributed by atoms with Crippen LogP contribution in [0.15, 0.2) is 86.6 Å². The van der Waals surface area contributed by atoms with Crippen LogP contribution in [0, 0.1) is 18.3 Å². The average molecular weight is 580 g/mol.